The second kappa shape index (κ2) is 7.17. The molecule has 102 valence electrons. The lowest BCUT2D eigenvalue weighted by Crippen LogP contribution is -2.35. The highest BCUT2D eigenvalue weighted by Crippen LogP contribution is 2.22. The van der Waals surface area contributed by atoms with Crippen molar-refractivity contribution in [3.63, 3.8) is 0 Å². The molecule has 0 aromatic heterocycles. The zero-order valence-electron chi connectivity index (χ0n) is 12.0. The van der Waals surface area contributed by atoms with Gasteiger partial charge in [0.1, 0.15) is 0 Å². The van der Waals surface area contributed by atoms with Gasteiger partial charge in [0.25, 0.3) is 0 Å². The van der Waals surface area contributed by atoms with E-state index in [1.165, 1.54) is 10.5 Å². The highest BCUT2D eigenvalue weighted by Gasteiger charge is 2.14. The smallest absolute Gasteiger partial charge is 0.0205 e. The Labute approximate surface area is 116 Å². The van der Waals surface area contributed by atoms with E-state index in [9.17, 15) is 0 Å². The Morgan fingerprint density at radius 1 is 1.22 bits per heavy atom. The third kappa shape index (κ3) is 5.89. The predicted molar refractivity (Wildman–Crippen MR) is 82.0 cm³/mol. The number of benzene rings is 1. The number of rotatable bonds is 7. The molecule has 0 saturated heterocycles. The maximum atomic E-state index is 5.71. The van der Waals surface area contributed by atoms with Crippen molar-refractivity contribution in [1.82, 2.24) is 5.32 Å². The molecule has 3 N–H and O–H groups in total. The van der Waals surface area contributed by atoms with Gasteiger partial charge in [0, 0.05) is 23.2 Å². The Balaban J connectivity index is 2.40. The molecule has 0 amide bonds. The molecule has 0 saturated carbocycles. The first-order valence-electron chi connectivity index (χ1n) is 6.59. The molecular weight excluding hydrogens is 240 g/mol. The summed E-state index contributed by atoms with van der Waals surface area (Å²) >= 11 is 1.90. The standard InChI is InChI=1S/C15H26N2S/c1-12(2)18-14-7-5-13(6-8-14)9-17-11-15(3,4)10-16/h5-8,12,17H,9-11,16H2,1-4H3. The molecule has 0 aliphatic rings. The molecule has 0 aliphatic carbocycles. The van der Waals surface area contributed by atoms with Crippen LogP contribution in [0.4, 0.5) is 0 Å². The highest BCUT2D eigenvalue weighted by atomic mass is 32.2. The van der Waals surface area contributed by atoms with E-state index in [0.29, 0.717) is 11.8 Å². The van der Waals surface area contributed by atoms with Crippen LogP contribution in [0.3, 0.4) is 0 Å². The molecule has 1 aromatic rings. The van der Waals surface area contributed by atoms with Gasteiger partial charge >= 0.3 is 0 Å². The second-order valence-electron chi connectivity index (χ2n) is 5.78. The predicted octanol–water partition coefficient (Wildman–Crippen LogP) is 3.26. The van der Waals surface area contributed by atoms with Crippen molar-refractivity contribution in [2.45, 2.75) is 44.4 Å². The molecule has 0 aliphatic heterocycles. The molecule has 0 heterocycles. The first kappa shape index (κ1) is 15.5. The summed E-state index contributed by atoms with van der Waals surface area (Å²) in [7, 11) is 0. The number of hydrogen-bond acceptors (Lipinski definition) is 3. The van der Waals surface area contributed by atoms with Gasteiger partial charge in [-0.3, -0.25) is 0 Å². The number of hydrogen-bond donors (Lipinski definition) is 2. The van der Waals surface area contributed by atoms with Crippen LogP contribution in [0.25, 0.3) is 0 Å². The zero-order chi connectivity index (χ0) is 13.6. The van der Waals surface area contributed by atoms with E-state index in [1.54, 1.807) is 0 Å². The lowest BCUT2D eigenvalue weighted by Gasteiger charge is -2.22. The van der Waals surface area contributed by atoms with Gasteiger partial charge in [-0.1, -0.05) is 39.8 Å². The SMILES string of the molecule is CC(C)Sc1ccc(CNCC(C)(C)CN)cc1. The first-order chi connectivity index (χ1) is 8.43. The van der Waals surface area contributed by atoms with E-state index < -0.39 is 0 Å². The van der Waals surface area contributed by atoms with Gasteiger partial charge in [0.05, 0.1) is 0 Å². The lowest BCUT2D eigenvalue weighted by atomic mass is 9.94. The van der Waals surface area contributed by atoms with Gasteiger partial charge in [-0.2, -0.15) is 0 Å². The van der Waals surface area contributed by atoms with Crippen molar-refractivity contribution < 1.29 is 0 Å². The molecular formula is C15H26N2S. The Kier molecular flexibility index (Phi) is 6.19. The third-order valence-corrected chi connectivity index (χ3v) is 3.80. The average Bonchev–Trinajstić information content (AvgIpc) is 2.30. The Hall–Kier alpha value is -0.510. The Morgan fingerprint density at radius 3 is 2.33 bits per heavy atom. The quantitative estimate of drug-likeness (QED) is 0.744. The molecule has 0 spiro atoms. The minimum absolute atomic E-state index is 0.174. The van der Waals surface area contributed by atoms with E-state index in [1.807, 2.05) is 11.8 Å². The average molecular weight is 266 g/mol. The first-order valence-corrected chi connectivity index (χ1v) is 7.47. The molecule has 0 bridgehead atoms. The molecule has 3 heteroatoms. The maximum Gasteiger partial charge on any atom is 0.0205 e. The van der Waals surface area contributed by atoms with Gasteiger partial charge in [0.2, 0.25) is 0 Å². The normalized spacial score (nSPS) is 12.1. The van der Waals surface area contributed by atoms with E-state index in [0.717, 1.165) is 13.1 Å². The Bertz CT molecular complexity index is 344. The lowest BCUT2D eigenvalue weighted by molar-refractivity contribution is 0.351. The zero-order valence-corrected chi connectivity index (χ0v) is 12.8. The summed E-state index contributed by atoms with van der Waals surface area (Å²) in [5.41, 5.74) is 7.21. The van der Waals surface area contributed by atoms with E-state index >= 15 is 0 Å². The van der Waals surface area contributed by atoms with Crippen LogP contribution in [0.15, 0.2) is 29.2 Å². The minimum atomic E-state index is 0.174. The fourth-order valence-electron chi connectivity index (χ4n) is 1.58. The third-order valence-electron chi connectivity index (χ3n) is 2.78. The summed E-state index contributed by atoms with van der Waals surface area (Å²) < 4.78 is 0. The molecule has 0 radical (unpaired) electrons. The fourth-order valence-corrected chi connectivity index (χ4v) is 2.41. The summed E-state index contributed by atoms with van der Waals surface area (Å²) in [5.74, 6) is 0. The van der Waals surface area contributed by atoms with Crippen LogP contribution < -0.4 is 11.1 Å². The summed E-state index contributed by atoms with van der Waals surface area (Å²) in [4.78, 5) is 1.34. The van der Waals surface area contributed by atoms with Crippen molar-refractivity contribution >= 4 is 11.8 Å². The molecule has 1 aromatic carbocycles. The van der Waals surface area contributed by atoms with Crippen LogP contribution in [-0.4, -0.2) is 18.3 Å². The van der Waals surface area contributed by atoms with Crippen molar-refractivity contribution in [3.8, 4) is 0 Å². The monoisotopic (exact) mass is 266 g/mol. The molecule has 2 nitrogen and oxygen atoms in total. The van der Waals surface area contributed by atoms with Crippen molar-refractivity contribution in [2.24, 2.45) is 11.1 Å². The molecule has 1 rings (SSSR count). The van der Waals surface area contributed by atoms with Crippen molar-refractivity contribution in [2.75, 3.05) is 13.1 Å². The van der Waals surface area contributed by atoms with Gasteiger partial charge in [-0.15, -0.1) is 11.8 Å². The second-order valence-corrected chi connectivity index (χ2v) is 7.43. The van der Waals surface area contributed by atoms with E-state index in [2.05, 4.69) is 57.3 Å². The minimum Gasteiger partial charge on any atom is -0.330 e. The Morgan fingerprint density at radius 2 is 1.83 bits per heavy atom. The van der Waals surface area contributed by atoms with E-state index in [4.69, 9.17) is 5.73 Å². The number of thioether (sulfide) groups is 1. The van der Waals surface area contributed by atoms with Crippen molar-refractivity contribution in [1.29, 1.82) is 0 Å². The van der Waals surface area contributed by atoms with Crippen molar-refractivity contribution in [3.05, 3.63) is 29.8 Å². The topological polar surface area (TPSA) is 38.0 Å². The number of nitrogens with two attached hydrogens (primary N) is 1. The number of nitrogens with one attached hydrogen (secondary N) is 1. The molecule has 0 fully saturated rings. The fraction of sp³-hybridized carbons (Fsp3) is 0.600. The van der Waals surface area contributed by atoms with Crippen LogP contribution in [-0.2, 0) is 6.54 Å². The molecule has 18 heavy (non-hydrogen) atoms. The van der Waals surface area contributed by atoms with Gasteiger partial charge in [0.15, 0.2) is 0 Å². The van der Waals surface area contributed by atoms with Crippen LogP contribution in [0.5, 0.6) is 0 Å². The maximum absolute atomic E-state index is 5.71. The van der Waals surface area contributed by atoms with Gasteiger partial charge in [-0.05, 0) is 29.7 Å². The van der Waals surface area contributed by atoms with Gasteiger partial charge in [-0.25, -0.2) is 0 Å². The summed E-state index contributed by atoms with van der Waals surface area (Å²) in [6.07, 6.45) is 0. The van der Waals surface area contributed by atoms with Crippen LogP contribution >= 0.6 is 11.8 Å². The van der Waals surface area contributed by atoms with Crippen LogP contribution in [0, 0.1) is 5.41 Å². The molecule has 0 unspecified atom stereocenters. The summed E-state index contributed by atoms with van der Waals surface area (Å²) in [6, 6.07) is 8.81. The summed E-state index contributed by atoms with van der Waals surface area (Å²) in [6.45, 7) is 11.4. The largest absolute Gasteiger partial charge is 0.330 e. The van der Waals surface area contributed by atoms with E-state index in [-0.39, 0.29) is 5.41 Å². The molecule has 0 atom stereocenters. The van der Waals surface area contributed by atoms with Crippen LogP contribution in [0.2, 0.25) is 0 Å². The van der Waals surface area contributed by atoms with Crippen LogP contribution in [0.1, 0.15) is 33.3 Å². The van der Waals surface area contributed by atoms with Gasteiger partial charge < -0.3 is 11.1 Å². The highest BCUT2D eigenvalue weighted by molar-refractivity contribution is 7.99. The summed E-state index contributed by atoms with van der Waals surface area (Å²) in [5, 5.41) is 4.10.